The minimum atomic E-state index is -1.51. The third-order valence-electron chi connectivity index (χ3n) is 2.27. The lowest BCUT2D eigenvalue weighted by atomic mass is 10.0. The topological polar surface area (TPSA) is 62.0 Å². The lowest BCUT2D eigenvalue weighted by Crippen LogP contribution is -2.38. The summed E-state index contributed by atoms with van der Waals surface area (Å²) in [7, 11) is 0. The number of nitrogens with two attached hydrogens (primary N) is 1. The van der Waals surface area contributed by atoms with Crippen molar-refractivity contribution in [1.82, 2.24) is 4.98 Å². The molecule has 3 nitrogen and oxygen atoms in total. The predicted molar refractivity (Wildman–Crippen MR) is 64.7 cm³/mol. The first-order valence-corrected chi connectivity index (χ1v) is 5.93. The molecule has 5 heteroatoms. The van der Waals surface area contributed by atoms with Gasteiger partial charge in [-0.15, -0.1) is 0 Å². The molecule has 0 fully saturated rings. The molecule has 0 aromatic carbocycles. The summed E-state index contributed by atoms with van der Waals surface area (Å²) in [6, 6.07) is 3.44. The van der Waals surface area contributed by atoms with Gasteiger partial charge < -0.3 is 4.55 Å². The highest BCUT2D eigenvalue weighted by Crippen LogP contribution is 2.32. The van der Waals surface area contributed by atoms with Gasteiger partial charge in [0.05, 0.1) is 10.7 Å². The second-order valence-corrected chi connectivity index (χ2v) is 5.64. The Morgan fingerprint density at radius 3 is 2.73 bits per heavy atom. The first-order chi connectivity index (χ1) is 6.87. The van der Waals surface area contributed by atoms with Gasteiger partial charge >= 0.3 is 0 Å². The van der Waals surface area contributed by atoms with Crippen LogP contribution in [0.2, 0.25) is 5.02 Å². The Kier molecular flexibility index (Phi) is 3.78. The minimum absolute atomic E-state index is 0.487. The maximum Gasteiger partial charge on any atom is 0.165 e. The monoisotopic (exact) mass is 244 g/mol. The van der Waals surface area contributed by atoms with Crippen molar-refractivity contribution in [1.29, 1.82) is 0 Å². The Hall–Kier alpha value is -0.550. The summed E-state index contributed by atoms with van der Waals surface area (Å²) in [6.07, 6.45) is 1.61. The maximum absolute atomic E-state index is 11.3. The smallest absolute Gasteiger partial charge is 0.165 e. The first-order valence-electron chi connectivity index (χ1n) is 4.34. The fraction of sp³-hybridized carbons (Fsp3) is 0.300. The lowest BCUT2D eigenvalue weighted by Gasteiger charge is -2.26. The zero-order valence-corrected chi connectivity index (χ0v) is 10.2. The van der Waals surface area contributed by atoms with Crippen LogP contribution in [0, 0.1) is 0 Å². The van der Waals surface area contributed by atoms with Crippen molar-refractivity contribution in [3.05, 3.63) is 35.6 Å². The van der Waals surface area contributed by atoms with E-state index in [-0.39, 0.29) is 0 Å². The predicted octanol–water partition coefficient (Wildman–Crippen LogP) is 2.15. The van der Waals surface area contributed by atoms with E-state index in [1.807, 2.05) is 0 Å². The average molecular weight is 245 g/mol. The molecular weight excluding hydrogens is 232 g/mol. The van der Waals surface area contributed by atoms with Crippen LogP contribution in [-0.4, -0.2) is 14.3 Å². The van der Waals surface area contributed by atoms with E-state index in [2.05, 4.69) is 11.6 Å². The quantitative estimate of drug-likeness (QED) is 0.829. The fourth-order valence-corrected chi connectivity index (χ4v) is 1.59. The van der Waals surface area contributed by atoms with Crippen molar-refractivity contribution in [2.24, 2.45) is 5.14 Å². The molecule has 0 aliphatic rings. The number of hydrogen-bond acceptors (Lipinski definition) is 3. The van der Waals surface area contributed by atoms with Crippen molar-refractivity contribution in [2.75, 3.05) is 0 Å². The molecule has 0 spiro atoms. The standard InChI is InChI=1S/C10H13ClN2OS/c1-7(10(2,3)15(12)14)9-8(11)5-4-6-13-9/h4-6H,1,12H2,2-3H3. The zero-order chi connectivity index (χ0) is 11.6. The first kappa shape index (κ1) is 12.5. The van der Waals surface area contributed by atoms with Crippen molar-refractivity contribution in [2.45, 2.75) is 18.6 Å². The Balaban J connectivity index is 3.11. The number of nitrogens with zero attached hydrogens (tertiary/aromatic N) is 1. The Morgan fingerprint density at radius 2 is 2.27 bits per heavy atom. The van der Waals surface area contributed by atoms with E-state index >= 15 is 0 Å². The van der Waals surface area contributed by atoms with Crippen molar-refractivity contribution >= 4 is 28.5 Å². The average Bonchev–Trinajstić information content (AvgIpc) is 2.17. The Labute approximate surface area is 97.7 Å². The van der Waals surface area contributed by atoms with Gasteiger partial charge in [-0.2, -0.15) is 5.14 Å². The zero-order valence-electron chi connectivity index (χ0n) is 8.66. The molecule has 0 saturated heterocycles. The third kappa shape index (κ3) is 2.52. The van der Waals surface area contributed by atoms with E-state index in [0.29, 0.717) is 16.3 Å². The number of pyridine rings is 1. The van der Waals surface area contributed by atoms with Crippen LogP contribution in [0.4, 0.5) is 0 Å². The van der Waals surface area contributed by atoms with Crippen LogP contribution in [0.15, 0.2) is 24.9 Å². The molecule has 1 rings (SSSR count). The van der Waals surface area contributed by atoms with E-state index < -0.39 is 16.1 Å². The van der Waals surface area contributed by atoms with Gasteiger partial charge in [-0.3, -0.25) is 4.98 Å². The molecule has 0 radical (unpaired) electrons. The van der Waals surface area contributed by atoms with Crippen molar-refractivity contribution < 1.29 is 4.55 Å². The number of halogens is 1. The summed E-state index contributed by atoms with van der Waals surface area (Å²) in [6.45, 7) is 7.35. The summed E-state index contributed by atoms with van der Waals surface area (Å²) in [5.41, 5.74) is 1.12. The molecule has 15 heavy (non-hydrogen) atoms. The van der Waals surface area contributed by atoms with Crippen molar-refractivity contribution in [3.63, 3.8) is 0 Å². The number of hydrogen-bond donors (Lipinski definition) is 1. The van der Waals surface area contributed by atoms with Crippen LogP contribution >= 0.6 is 11.6 Å². The van der Waals surface area contributed by atoms with Gasteiger partial charge in [0, 0.05) is 23.1 Å². The largest absolute Gasteiger partial charge is 0.598 e. The third-order valence-corrected chi connectivity index (χ3v) is 3.83. The molecular formula is C10H13ClN2OS. The molecule has 0 aliphatic carbocycles. The normalized spacial score (nSPS) is 13.7. The van der Waals surface area contributed by atoms with Gasteiger partial charge in [0.2, 0.25) is 0 Å². The van der Waals surface area contributed by atoms with Gasteiger partial charge in [-0.25, -0.2) is 0 Å². The summed E-state index contributed by atoms with van der Waals surface area (Å²) in [4.78, 5) is 4.11. The van der Waals surface area contributed by atoms with E-state index in [9.17, 15) is 4.55 Å². The molecule has 82 valence electrons. The van der Waals surface area contributed by atoms with E-state index in [1.54, 1.807) is 32.2 Å². The van der Waals surface area contributed by atoms with Crippen LogP contribution in [0.3, 0.4) is 0 Å². The van der Waals surface area contributed by atoms with E-state index in [1.165, 1.54) is 0 Å². The SMILES string of the molecule is C=C(c1ncccc1Cl)C(C)(C)[S+](N)[O-]. The molecule has 1 aromatic heterocycles. The Morgan fingerprint density at radius 1 is 1.67 bits per heavy atom. The number of aromatic nitrogens is 1. The van der Waals surface area contributed by atoms with Crippen molar-refractivity contribution in [3.8, 4) is 0 Å². The summed E-state index contributed by atoms with van der Waals surface area (Å²) < 4.78 is 10.6. The fourth-order valence-electron chi connectivity index (χ4n) is 1.01. The molecule has 1 atom stereocenters. The van der Waals surface area contributed by atoms with Crippen LogP contribution in [0.1, 0.15) is 19.5 Å². The molecule has 1 heterocycles. The van der Waals surface area contributed by atoms with E-state index in [4.69, 9.17) is 16.7 Å². The maximum atomic E-state index is 11.3. The second kappa shape index (κ2) is 4.53. The highest BCUT2D eigenvalue weighted by molar-refractivity contribution is 7.91. The molecule has 0 saturated carbocycles. The van der Waals surface area contributed by atoms with Gasteiger partial charge in [-0.1, -0.05) is 18.2 Å². The molecule has 0 amide bonds. The summed E-state index contributed by atoms with van der Waals surface area (Å²) in [5, 5.41) is 5.89. The highest BCUT2D eigenvalue weighted by Gasteiger charge is 2.35. The Bertz CT molecular complexity index is 379. The second-order valence-electron chi connectivity index (χ2n) is 3.62. The number of rotatable bonds is 3. The van der Waals surface area contributed by atoms with Crippen LogP contribution in [-0.2, 0) is 11.4 Å². The molecule has 1 aromatic rings. The van der Waals surface area contributed by atoms with Crippen LogP contribution in [0.5, 0.6) is 0 Å². The van der Waals surface area contributed by atoms with Gasteiger partial charge in [0.15, 0.2) is 4.75 Å². The van der Waals surface area contributed by atoms with Crippen LogP contribution < -0.4 is 5.14 Å². The lowest BCUT2D eigenvalue weighted by molar-refractivity contribution is 0.575. The minimum Gasteiger partial charge on any atom is -0.598 e. The van der Waals surface area contributed by atoms with Gasteiger partial charge in [0.25, 0.3) is 0 Å². The van der Waals surface area contributed by atoms with E-state index in [0.717, 1.165) is 0 Å². The van der Waals surface area contributed by atoms with Crippen LogP contribution in [0.25, 0.3) is 5.57 Å². The molecule has 0 bridgehead atoms. The summed E-state index contributed by atoms with van der Waals surface area (Å²) >= 11 is 4.45. The molecule has 2 N–H and O–H groups in total. The highest BCUT2D eigenvalue weighted by atomic mass is 35.5. The molecule has 0 aliphatic heterocycles. The van der Waals surface area contributed by atoms with Gasteiger partial charge in [-0.05, 0) is 26.0 Å². The van der Waals surface area contributed by atoms with Gasteiger partial charge in [0.1, 0.15) is 0 Å². The summed E-state index contributed by atoms with van der Waals surface area (Å²) in [5.74, 6) is 0. The molecule has 1 unspecified atom stereocenters.